The maximum Gasteiger partial charge on any atom is 0.276 e. The molecule has 0 aromatic carbocycles. The van der Waals surface area contributed by atoms with E-state index in [9.17, 15) is 4.79 Å². The van der Waals surface area contributed by atoms with Gasteiger partial charge in [0.15, 0.2) is 5.69 Å². The molecule has 3 heterocycles. The predicted molar refractivity (Wildman–Crippen MR) is 112 cm³/mol. The van der Waals surface area contributed by atoms with Gasteiger partial charge in [0.2, 0.25) is 0 Å². The van der Waals surface area contributed by atoms with Crippen molar-refractivity contribution >= 4 is 42.1 Å². The molecule has 0 saturated carbocycles. The molecule has 1 atom stereocenters. The number of piperidine rings is 1. The molecular formula is C17H28Cl2N6OS. The van der Waals surface area contributed by atoms with Gasteiger partial charge in [-0.15, -0.1) is 41.2 Å². The quantitative estimate of drug-likeness (QED) is 0.798. The average Bonchev–Trinajstić information content (AvgIpc) is 3.15. The normalized spacial score (nSPS) is 15.6. The van der Waals surface area contributed by atoms with E-state index in [1.54, 1.807) is 16.2 Å². The topological polar surface area (TPSA) is 75.9 Å². The van der Waals surface area contributed by atoms with Gasteiger partial charge in [0.1, 0.15) is 0 Å². The number of amides is 1. The van der Waals surface area contributed by atoms with Crippen LogP contribution in [0.4, 0.5) is 0 Å². The van der Waals surface area contributed by atoms with E-state index in [2.05, 4.69) is 20.6 Å². The van der Waals surface area contributed by atoms with Gasteiger partial charge in [-0.05, 0) is 53.6 Å². The van der Waals surface area contributed by atoms with Crippen LogP contribution in [0.1, 0.15) is 63.6 Å². The Bertz CT molecular complexity index is 772. The fraction of sp³-hybridized carbons (Fsp3) is 0.647. The second kappa shape index (κ2) is 9.82. The molecule has 2 aromatic rings. The van der Waals surface area contributed by atoms with Crippen LogP contribution >= 0.6 is 36.2 Å². The third kappa shape index (κ3) is 4.80. The Morgan fingerprint density at radius 2 is 1.89 bits per heavy atom. The first-order valence-electron chi connectivity index (χ1n) is 8.73. The third-order valence-corrected chi connectivity index (χ3v) is 6.25. The van der Waals surface area contributed by atoms with Crippen molar-refractivity contribution in [1.29, 1.82) is 0 Å². The third-order valence-electron chi connectivity index (χ3n) is 5.00. The van der Waals surface area contributed by atoms with E-state index < -0.39 is 0 Å². The van der Waals surface area contributed by atoms with E-state index in [0.717, 1.165) is 47.2 Å². The summed E-state index contributed by atoms with van der Waals surface area (Å²) in [6.45, 7) is 9.92. The Kier molecular flexibility index (Phi) is 8.66. The first-order valence-corrected chi connectivity index (χ1v) is 9.55. The van der Waals surface area contributed by atoms with E-state index in [4.69, 9.17) is 0 Å². The molecule has 1 fully saturated rings. The van der Waals surface area contributed by atoms with Crippen molar-refractivity contribution in [2.75, 3.05) is 20.1 Å². The number of hydrogen-bond acceptors (Lipinski definition) is 6. The Balaban J connectivity index is 0.00000182. The van der Waals surface area contributed by atoms with E-state index in [1.165, 1.54) is 0 Å². The molecule has 3 rings (SSSR count). The largest absolute Gasteiger partial charge is 0.333 e. The molecule has 1 unspecified atom stereocenters. The number of carbonyl (C=O) groups is 1. The molecule has 2 aromatic heterocycles. The molecule has 1 aliphatic heterocycles. The highest BCUT2D eigenvalue weighted by atomic mass is 35.5. The average molecular weight is 435 g/mol. The van der Waals surface area contributed by atoms with Crippen LogP contribution in [0.25, 0.3) is 0 Å². The van der Waals surface area contributed by atoms with Crippen molar-refractivity contribution in [2.45, 2.75) is 52.6 Å². The molecule has 1 aliphatic rings. The first-order chi connectivity index (χ1) is 11.9. The van der Waals surface area contributed by atoms with Crippen LogP contribution in [0.5, 0.6) is 0 Å². The number of carbonyl (C=O) groups excluding carboxylic acids is 1. The Labute approximate surface area is 176 Å². The number of hydrogen-bond donors (Lipinski definition) is 1. The lowest BCUT2D eigenvalue weighted by atomic mass is 10.1. The van der Waals surface area contributed by atoms with Crippen LogP contribution in [0.3, 0.4) is 0 Å². The van der Waals surface area contributed by atoms with E-state index in [1.807, 2.05) is 39.4 Å². The Morgan fingerprint density at radius 1 is 1.26 bits per heavy atom. The number of rotatable bonds is 4. The lowest BCUT2D eigenvalue weighted by molar-refractivity contribution is 0.0737. The van der Waals surface area contributed by atoms with Gasteiger partial charge in [0.05, 0.1) is 28.5 Å². The number of nitrogens with one attached hydrogen (secondary N) is 1. The van der Waals surface area contributed by atoms with Crippen molar-refractivity contribution < 1.29 is 4.79 Å². The molecule has 0 bridgehead atoms. The molecule has 0 radical (unpaired) electrons. The van der Waals surface area contributed by atoms with Gasteiger partial charge in [0, 0.05) is 11.9 Å². The standard InChI is InChI=1S/C17H26N6OS.2ClH/c1-10-16(25-13(4)19-10)12(3)22(5)17(24)15-11(2)23(21-20-15)14-6-8-18-9-7-14;;/h12,14,18H,6-9H2,1-5H3;2*1H. The van der Waals surface area contributed by atoms with Gasteiger partial charge in [0.25, 0.3) is 5.91 Å². The number of thiazole rings is 1. The SMILES string of the molecule is Cc1nc(C)c(C(C)N(C)C(=O)c2nnn(C3CCNCC3)c2C)s1.Cl.Cl. The zero-order valence-electron chi connectivity index (χ0n) is 16.4. The minimum atomic E-state index is -0.0874. The maximum atomic E-state index is 13.0. The van der Waals surface area contributed by atoms with Crippen molar-refractivity contribution in [3.63, 3.8) is 0 Å². The fourth-order valence-electron chi connectivity index (χ4n) is 3.39. The van der Waals surface area contributed by atoms with Gasteiger partial charge in [-0.1, -0.05) is 5.21 Å². The summed E-state index contributed by atoms with van der Waals surface area (Å²) in [5.74, 6) is -0.0874. The first kappa shape index (κ1) is 23.8. The van der Waals surface area contributed by atoms with Crippen LogP contribution in [-0.4, -0.2) is 50.9 Å². The highest BCUT2D eigenvalue weighted by molar-refractivity contribution is 7.11. The summed E-state index contributed by atoms with van der Waals surface area (Å²) in [6.07, 6.45) is 2.03. The van der Waals surface area contributed by atoms with Crippen molar-refractivity contribution in [3.05, 3.63) is 27.0 Å². The summed E-state index contributed by atoms with van der Waals surface area (Å²) in [6, 6.07) is 0.284. The highest BCUT2D eigenvalue weighted by Crippen LogP contribution is 2.29. The molecule has 27 heavy (non-hydrogen) atoms. The number of nitrogens with zero attached hydrogens (tertiary/aromatic N) is 5. The van der Waals surface area contributed by atoms with Crippen molar-refractivity contribution in [2.24, 2.45) is 0 Å². The lowest BCUT2D eigenvalue weighted by Crippen LogP contribution is -2.31. The van der Waals surface area contributed by atoms with Gasteiger partial charge in [-0.2, -0.15) is 0 Å². The molecule has 10 heteroatoms. The van der Waals surface area contributed by atoms with Crippen molar-refractivity contribution in [3.8, 4) is 0 Å². The fourth-order valence-corrected chi connectivity index (χ4v) is 4.41. The Morgan fingerprint density at radius 3 is 2.44 bits per heavy atom. The highest BCUT2D eigenvalue weighted by Gasteiger charge is 2.28. The predicted octanol–water partition coefficient (Wildman–Crippen LogP) is 3.26. The summed E-state index contributed by atoms with van der Waals surface area (Å²) in [5, 5.41) is 12.9. The lowest BCUT2D eigenvalue weighted by Gasteiger charge is -2.25. The molecule has 152 valence electrons. The monoisotopic (exact) mass is 434 g/mol. The van der Waals surface area contributed by atoms with E-state index in [-0.39, 0.29) is 36.8 Å². The number of aryl methyl sites for hydroxylation is 2. The van der Waals surface area contributed by atoms with Crippen LogP contribution in [0.15, 0.2) is 0 Å². The molecule has 1 N–H and O–H groups in total. The number of aromatic nitrogens is 4. The Hall–Kier alpha value is -1.22. The summed E-state index contributed by atoms with van der Waals surface area (Å²) < 4.78 is 1.93. The molecule has 7 nitrogen and oxygen atoms in total. The number of halogens is 2. The van der Waals surface area contributed by atoms with Crippen LogP contribution in [0, 0.1) is 20.8 Å². The van der Waals surface area contributed by atoms with Crippen molar-refractivity contribution in [1.82, 2.24) is 30.2 Å². The minimum absolute atomic E-state index is 0. The zero-order chi connectivity index (χ0) is 18.1. The minimum Gasteiger partial charge on any atom is -0.333 e. The second-order valence-electron chi connectivity index (χ2n) is 6.72. The maximum absolute atomic E-state index is 13.0. The van der Waals surface area contributed by atoms with Crippen LogP contribution < -0.4 is 5.32 Å². The molecule has 0 spiro atoms. The molecule has 1 saturated heterocycles. The van der Waals surface area contributed by atoms with Gasteiger partial charge >= 0.3 is 0 Å². The van der Waals surface area contributed by atoms with E-state index in [0.29, 0.717) is 11.7 Å². The zero-order valence-corrected chi connectivity index (χ0v) is 18.8. The summed E-state index contributed by atoms with van der Waals surface area (Å²) in [5.41, 5.74) is 2.30. The van der Waals surface area contributed by atoms with Crippen LogP contribution in [-0.2, 0) is 0 Å². The molecular weight excluding hydrogens is 407 g/mol. The summed E-state index contributed by atoms with van der Waals surface area (Å²) >= 11 is 1.64. The second-order valence-corrected chi connectivity index (χ2v) is 7.96. The summed E-state index contributed by atoms with van der Waals surface area (Å²) in [7, 11) is 1.82. The van der Waals surface area contributed by atoms with Gasteiger partial charge in [-0.25, -0.2) is 9.67 Å². The van der Waals surface area contributed by atoms with Crippen LogP contribution in [0.2, 0.25) is 0 Å². The van der Waals surface area contributed by atoms with Gasteiger partial charge < -0.3 is 10.2 Å². The summed E-state index contributed by atoms with van der Waals surface area (Å²) in [4.78, 5) is 20.3. The molecule has 1 amide bonds. The van der Waals surface area contributed by atoms with Gasteiger partial charge in [-0.3, -0.25) is 4.79 Å². The van der Waals surface area contributed by atoms with E-state index >= 15 is 0 Å². The smallest absolute Gasteiger partial charge is 0.276 e. The molecule has 0 aliphatic carbocycles.